The van der Waals surface area contributed by atoms with Crippen LogP contribution in [0.4, 0.5) is 0 Å². The van der Waals surface area contributed by atoms with Gasteiger partial charge in [-0.05, 0) is 67.5 Å². The van der Waals surface area contributed by atoms with Gasteiger partial charge in [0.25, 0.3) is 0 Å². The fraction of sp³-hybridized carbons (Fsp3) is 0.350. The van der Waals surface area contributed by atoms with Gasteiger partial charge in [-0.3, -0.25) is 4.98 Å². The van der Waals surface area contributed by atoms with Crippen LogP contribution < -0.4 is 11.5 Å². The fourth-order valence-corrected chi connectivity index (χ4v) is 3.81. The molecular formula is C20H23N5. The second kappa shape index (κ2) is 6.17. The summed E-state index contributed by atoms with van der Waals surface area (Å²) < 4.78 is 0. The zero-order valence-electron chi connectivity index (χ0n) is 14.4. The van der Waals surface area contributed by atoms with Gasteiger partial charge in [-0.25, -0.2) is 9.97 Å². The first-order valence-corrected chi connectivity index (χ1v) is 8.77. The minimum atomic E-state index is -0.428. The Morgan fingerprint density at radius 2 is 1.92 bits per heavy atom. The normalized spacial score (nSPS) is 23.7. The quantitative estimate of drug-likeness (QED) is 0.752. The van der Waals surface area contributed by atoms with Crippen molar-refractivity contribution in [3.8, 4) is 11.1 Å². The van der Waals surface area contributed by atoms with Crippen molar-refractivity contribution >= 4 is 10.9 Å². The number of hydrogen-bond acceptors (Lipinski definition) is 5. The number of fused-ring (bicyclic) bond motifs is 1. The Kier molecular flexibility index (Phi) is 3.98. The summed E-state index contributed by atoms with van der Waals surface area (Å²) in [5.41, 5.74) is 17.7. The van der Waals surface area contributed by atoms with Gasteiger partial charge in [0.15, 0.2) is 0 Å². The Bertz CT molecular complexity index is 913. The molecule has 128 valence electrons. The van der Waals surface area contributed by atoms with Crippen LogP contribution >= 0.6 is 0 Å². The van der Waals surface area contributed by atoms with Crippen LogP contribution in [0.3, 0.4) is 0 Å². The molecule has 0 radical (unpaired) electrons. The van der Waals surface area contributed by atoms with Gasteiger partial charge in [-0.1, -0.05) is 6.07 Å². The number of nitrogens with zero attached hydrogens (tertiary/aromatic N) is 3. The summed E-state index contributed by atoms with van der Waals surface area (Å²) >= 11 is 0. The van der Waals surface area contributed by atoms with E-state index in [1.165, 1.54) is 5.56 Å². The Hall–Kier alpha value is -2.37. The molecule has 2 aromatic heterocycles. The number of benzene rings is 1. The van der Waals surface area contributed by atoms with Gasteiger partial charge >= 0.3 is 0 Å². The van der Waals surface area contributed by atoms with E-state index in [4.69, 9.17) is 11.5 Å². The molecule has 0 bridgehead atoms. The first-order chi connectivity index (χ1) is 12.1. The number of aromatic nitrogens is 3. The molecule has 0 aliphatic heterocycles. The van der Waals surface area contributed by atoms with Crippen molar-refractivity contribution in [2.45, 2.75) is 44.2 Å². The predicted molar refractivity (Wildman–Crippen MR) is 99.8 cm³/mol. The van der Waals surface area contributed by atoms with E-state index in [9.17, 15) is 0 Å². The second-order valence-electron chi connectivity index (χ2n) is 7.14. The number of aryl methyl sites for hydroxylation is 1. The summed E-state index contributed by atoms with van der Waals surface area (Å²) in [5.74, 6) is 0. The lowest BCUT2D eigenvalue weighted by molar-refractivity contribution is 0.273. The maximum absolute atomic E-state index is 6.77. The first kappa shape index (κ1) is 16.1. The Morgan fingerprint density at radius 1 is 1.12 bits per heavy atom. The van der Waals surface area contributed by atoms with Crippen molar-refractivity contribution < 1.29 is 0 Å². The molecule has 1 fully saturated rings. The molecule has 0 unspecified atom stereocenters. The van der Waals surface area contributed by atoms with Gasteiger partial charge in [0.2, 0.25) is 0 Å². The molecule has 0 spiro atoms. The van der Waals surface area contributed by atoms with E-state index < -0.39 is 5.54 Å². The summed E-state index contributed by atoms with van der Waals surface area (Å²) in [4.78, 5) is 13.2. The van der Waals surface area contributed by atoms with Crippen molar-refractivity contribution in [3.05, 3.63) is 54.2 Å². The lowest BCUT2D eigenvalue weighted by Crippen LogP contribution is -2.44. The van der Waals surface area contributed by atoms with E-state index in [2.05, 4.69) is 34.0 Å². The van der Waals surface area contributed by atoms with Crippen molar-refractivity contribution in [3.63, 3.8) is 0 Å². The van der Waals surface area contributed by atoms with Crippen LogP contribution in [0.1, 0.15) is 36.9 Å². The zero-order chi connectivity index (χ0) is 17.4. The van der Waals surface area contributed by atoms with E-state index >= 15 is 0 Å². The molecule has 4 rings (SSSR count). The van der Waals surface area contributed by atoms with E-state index in [-0.39, 0.29) is 6.04 Å². The highest BCUT2D eigenvalue weighted by atomic mass is 14.9. The van der Waals surface area contributed by atoms with E-state index in [0.29, 0.717) is 0 Å². The zero-order valence-corrected chi connectivity index (χ0v) is 14.4. The van der Waals surface area contributed by atoms with Gasteiger partial charge in [-0.2, -0.15) is 0 Å². The van der Waals surface area contributed by atoms with E-state index in [1.807, 2.05) is 24.5 Å². The summed E-state index contributed by atoms with van der Waals surface area (Å²) in [6.45, 7) is 2.07. The van der Waals surface area contributed by atoms with Gasteiger partial charge in [0.1, 0.15) is 6.33 Å². The predicted octanol–water partition coefficient (Wildman–Crippen LogP) is 3.06. The minimum absolute atomic E-state index is 0.250. The van der Waals surface area contributed by atoms with Gasteiger partial charge in [0, 0.05) is 23.8 Å². The van der Waals surface area contributed by atoms with Crippen LogP contribution in [0.15, 0.2) is 43.0 Å². The Labute approximate surface area is 147 Å². The molecule has 0 saturated heterocycles. The van der Waals surface area contributed by atoms with Crippen molar-refractivity contribution in [1.29, 1.82) is 0 Å². The summed E-state index contributed by atoms with van der Waals surface area (Å²) in [6.07, 6.45) is 8.92. The largest absolute Gasteiger partial charge is 0.328 e. The fourth-order valence-electron chi connectivity index (χ4n) is 3.81. The topological polar surface area (TPSA) is 90.7 Å². The Balaban J connectivity index is 1.86. The highest BCUT2D eigenvalue weighted by Gasteiger charge is 2.34. The summed E-state index contributed by atoms with van der Waals surface area (Å²) in [5, 5.41) is 1.04. The molecule has 5 nitrogen and oxygen atoms in total. The Morgan fingerprint density at radius 3 is 2.68 bits per heavy atom. The molecule has 25 heavy (non-hydrogen) atoms. The number of hydrogen-bond donors (Lipinski definition) is 2. The maximum atomic E-state index is 6.77. The number of pyridine rings is 1. The molecule has 2 heterocycles. The van der Waals surface area contributed by atoms with Crippen LogP contribution in [0.25, 0.3) is 22.0 Å². The maximum Gasteiger partial charge on any atom is 0.116 e. The van der Waals surface area contributed by atoms with Crippen LogP contribution in [-0.2, 0) is 5.54 Å². The summed E-state index contributed by atoms with van der Waals surface area (Å²) in [6, 6.07) is 8.60. The number of nitrogens with two attached hydrogens (primary N) is 2. The average molecular weight is 333 g/mol. The molecule has 1 saturated carbocycles. The highest BCUT2D eigenvalue weighted by molar-refractivity contribution is 5.87. The third-order valence-electron chi connectivity index (χ3n) is 5.36. The molecule has 0 atom stereocenters. The lowest BCUT2D eigenvalue weighted by atomic mass is 9.77. The second-order valence-corrected chi connectivity index (χ2v) is 7.14. The highest BCUT2D eigenvalue weighted by Crippen LogP contribution is 2.37. The molecule has 3 aromatic rings. The van der Waals surface area contributed by atoms with Crippen LogP contribution in [0, 0.1) is 6.92 Å². The SMILES string of the molecule is Cc1cnccc1-c1ccc2ncnc(C3(N)CCC(N)CC3)c2c1. The van der Waals surface area contributed by atoms with Gasteiger partial charge in [0.05, 0.1) is 16.7 Å². The van der Waals surface area contributed by atoms with Crippen LogP contribution in [0.2, 0.25) is 0 Å². The van der Waals surface area contributed by atoms with Gasteiger partial charge in [-0.15, -0.1) is 0 Å². The lowest BCUT2D eigenvalue weighted by Gasteiger charge is -2.36. The molecular weight excluding hydrogens is 310 g/mol. The molecule has 0 amide bonds. The van der Waals surface area contributed by atoms with Gasteiger partial charge < -0.3 is 11.5 Å². The molecule has 1 aliphatic carbocycles. The average Bonchev–Trinajstić information content (AvgIpc) is 2.64. The van der Waals surface area contributed by atoms with Crippen molar-refractivity contribution in [2.24, 2.45) is 11.5 Å². The van der Waals surface area contributed by atoms with E-state index in [1.54, 1.807) is 6.33 Å². The van der Waals surface area contributed by atoms with Crippen LogP contribution in [-0.4, -0.2) is 21.0 Å². The smallest absolute Gasteiger partial charge is 0.116 e. The minimum Gasteiger partial charge on any atom is -0.328 e. The third kappa shape index (κ3) is 2.90. The van der Waals surface area contributed by atoms with Crippen LogP contribution in [0.5, 0.6) is 0 Å². The molecule has 1 aliphatic rings. The standard InChI is InChI=1S/C20H23N5/c1-13-11-23-9-6-16(13)14-2-3-18-17(10-14)19(25-12-24-18)20(22)7-4-15(21)5-8-20/h2-3,6,9-12,15H,4-5,7-8,21-22H2,1H3. The first-order valence-electron chi connectivity index (χ1n) is 8.77. The van der Waals surface area contributed by atoms with E-state index in [0.717, 1.165) is 53.4 Å². The molecule has 1 aromatic carbocycles. The number of rotatable bonds is 2. The molecule has 5 heteroatoms. The van der Waals surface area contributed by atoms with Crippen molar-refractivity contribution in [2.75, 3.05) is 0 Å². The summed E-state index contributed by atoms with van der Waals surface area (Å²) in [7, 11) is 0. The monoisotopic (exact) mass is 333 g/mol. The molecule has 4 N–H and O–H groups in total. The third-order valence-corrected chi connectivity index (χ3v) is 5.36. The van der Waals surface area contributed by atoms with Crippen molar-refractivity contribution in [1.82, 2.24) is 15.0 Å².